The van der Waals surface area contributed by atoms with Gasteiger partial charge in [-0.25, -0.2) is 9.59 Å². The molecule has 0 N–H and O–H groups in total. The second-order valence-corrected chi connectivity index (χ2v) is 6.86. The predicted molar refractivity (Wildman–Crippen MR) is 92.8 cm³/mol. The Kier molecular flexibility index (Phi) is 5.60. The van der Waals surface area contributed by atoms with E-state index in [-0.39, 0.29) is 5.75 Å². The molecule has 6 nitrogen and oxygen atoms in total. The number of carbonyl (C=O) groups excluding carboxylic acids is 3. The van der Waals surface area contributed by atoms with Crippen LogP contribution < -0.4 is 4.74 Å². The van der Waals surface area contributed by atoms with Crippen LogP contribution in [-0.2, 0) is 9.53 Å². The predicted octanol–water partition coefficient (Wildman–Crippen LogP) is 1.79. The van der Waals surface area contributed by atoms with Gasteiger partial charge in [-0.3, -0.25) is 0 Å². The van der Waals surface area contributed by atoms with Crippen molar-refractivity contribution in [3.05, 3.63) is 29.8 Å². The van der Waals surface area contributed by atoms with Crippen molar-refractivity contribution >= 4 is 33.4 Å². The fourth-order valence-corrected chi connectivity index (χ4v) is 2.52. The van der Waals surface area contributed by atoms with Crippen LogP contribution in [0, 0.1) is 0 Å². The van der Waals surface area contributed by atoms with Crippen LogP contribution in [0.3, 0.4) is 0 Å². The van der Waals surface area contributed by atoms with Crippen LogP contribution in [0.15, 0.2) is 24.3 Å². The highest BCUT2D eigenvalue weighted by Crippen LogP contribution is 2.26. The van der Waals surface area contributed by atoms with Crippen molar-refractivity contribution in [2.24, 2.45) is 0 Å². The van der Waals surface area contributed by atoms with Gasteiger partial charge in [0, 0.05) is 5.56 Å². The third-order valence-corrected chi connectivity index (χ3v) is 3.66. The van der Waals surface area contributed by atoms with Gasteiger partial charge in [-0.05, 0) is 63.8 Å². The molecule has 128 valence electrons. The van der Waals surface area contributed by atoms with E-state index in [1.807, 2.05) is 0 Å². The molecule has 0 saturated carbocycles. The number of ether oxygens (including phenoxy) is 2. The number of nitrogens with zero attached hydrogens (tertiary/aromatic N) is 1. The van der Waals surface area contributed by atoms with Crippen molar-refractivity contribution < 1.29 is 23.9 Å². The van der Waals surface area contributed by atoms with Crippen molar-refractivity contribution in [3.63, 3.8) is 0 Å². The smallest absolute Gasteiger partial charge is 0.410 e. The zero-order valence-electron chi connectivity index (χ0n) is 14.5. The Morgan fingerprint density at radius 2 is 1.72 bits per heavy atom. The minimum atomic E-state index is -0.819. The molecule has 0 aromatic heterocycles. The van der Waals surface area contributed by atoms with Gasteiger partial charge in [-0.15, -0.1) is 0 Å². The van der Waals surface area contributed by atoms with Crippen molar-refractivity contribution in [1.82, 2.24) is 4.90 Å². The number of benzene rings is 1. The van der Waals surface area contributed by atoms with Crippen molar-refractivity contribution in [2.45, 2.75) is 51.2 Å². The van der Waals surface area contributed by atoms with Crippen LogP contribution in [0.5, 0.6) is 5.75 Å². The highest BCUT2D eigenvalue weighted by molar-refractivity contribution is 6.62. The highest BCUT2D eigenvalue weighted by Gasteiger charge is 2.41. The van der Waals surface area contributed by atoms with Crippen LogP contribution in [0.25, 0.3) is 0 Å². The molecule has 4 radical (unpaired) electrons. The average Bonchev–Trinajstić information content (AvgIpc) is 2.88. The molecule has 1 aliphatic rings. The Bertz CT molecular complexity index is 669. The van der Waals surface area contributed by atoms with Gasteiger partial charge in [0.1, 0.15) is 23.1 Å². The first-order valence-corrected chi connectivity index (χ1v) is 7.97. The summed E-state index contributed by atoms with van der Waals surface area (Å²) < 4.78 is 10.6. The van der Waals surface area contributed by atoms with Crippen molar-refractivity contribution in [1.29, 1.82) is 0 Å². The minimum Gasteiger partial charge on any atom is -0.444 e. The number of likely N-dealkylation sites (tertiary alicyclic amines) is 1. The van der Waals surface area contributed by atoms with Gasteiger partial charge in [0.25, 0.3) is 0 Å². The zero-order valence-corrected chi connectivity index (χ0v) is 14.5. The number of amides is 1. The molecule has 1 heterocycles. The Morgan fingerprint density at radius 3 is 2.24 bits per heavy atom. The van der Waals surface area contributed by atoms with E-state index in [0.29, 0.717) is 18.4 Å². The van der Waals surface area contributed by atoms with Crippen LogP contribution in [0.2, 0.25) is 0 Å². The Hall–Kier alpha value is -2.24. The number of esters is 1. The van der Waals surface area contributed by atoms with E-state index in [4.69, 9.17) is 25.2 Å². The third-order valence-electron chi connectivity index (χ3n) is 3.66. The Labute approximate surface area is 149 Å². The molecule has 2 atom stereocenters. The maximum absolute atomic E-state index is 12.4. The van der Waals surface area contributed by atoms with Crippen LogP contribution >= 0.6 is 0 Å². The monoisotopic (exact) mass is 339 g/mol. The topological polar surface area (TPSA) is 72.9 Å². The molecule has 1 aliphatic heterocycles. The lowest BCUT2D eigenvalue weighted by atomic mass is 9.94. The summed E-state index contributed by atoms with van der Waals surface area (Å²) in [5.41, 5.74) is -0.966. The van der Waals surface area contributed by atoms with Gasteiger partial charge in [-0.1, -0.05) is 0 Å². The van der Waals surface area contributed by atoms with Gasteiger partial charge in [0.2, 0.25) is 0 Å². The van der Waals surface area contributed by atoms with Gasteiger partial charge < -0.3 is 19.2 Å². The number of carbonyl (C=O) groups is 3. The van der Waals surface area contributed by atoms with Gasteiger partial charge in [0.15, 0.2) is 7.85 Å². The summed E-state index contributed by atoms with van der Waals surface area (Å²) in [6, 6.07) is 5.02. The van der Waals surface area contributed by atoms with E-state index >= 15 is 0 Å². The summed E-state index contributed by atoms with van der Waals surface area (Å²) >= 11 is 0. The minimum absolute atomic E-state index is 0.250. The second kappa shape index (κ2) is 7.33. The maximum atomic E-state index is 12.4. The first-order valence-electron chi connectivity index (χ1n) is 7.97. The molecule has 2 unspecified atom stereocenters. The van der Waals surface area contributed by atoms with Gasteiger partial charge in [0.05, 0.1) is 7.85 Å². The van der Waals surface area contributed by atoms with E-state index in [1.165, 1.54) is 29.2 Å². The Balaban J connectivity index is 2.08. The van der Waals surface area contributed by atoms with E-state index < -0.39 is 35.3 Å². The maximum Gasteiger partial charge on any atom is 0.410 e. The molecule has 1 aromatic carbocycles. The van der Waals surface area contributed by atoms with Crippen LogP contribution in [0.1, 0.15) is 44.0 Å². The lowest BCUT2D eigenvalue weighted by Crippen LogP contribution is -2.48. The fourth-order valence-electron chi connectivity index (χ4n) is 2.52. The molecule has 1 saturated heterocycles. The number of rotatable bonds is 3. The fraction of sp³-hybridized carbons (Fsp3) is 0.471. The van der Waals surface area contributed by atoms with Crippen LogP contribution in [0.4, 0.5) is 4.79 Å². The lowest BCUT2D eigenvalue weighted by Gasteiger charge is -2.30. The Morgan fingerprint density at radius 1 is 1.12 bits per heavy atom. The molecule has 1 amide bonds. The molecule has 25 heavy (non-hydrogen) atoms. The van der Waals surface area contributed by atoms with E-state index in [0.717, 1.165) is 0 Å². The van der Waals surface area contributed by atoms with E-state index in [1.54, 1.807) is 20.8 Å². The molecule has 0 bridgehead atoms. The SMILES string of the molecule is [B]C(=O)c1ccc(OC(=O)C2CCC([B])N2C(=O)OC(C)(C)C)cc1. The highest BCUT2D eigenvalue weighted by atomic mass is 16.6. The molecule has 0 aliphatic carbocycles. The summed E-state index contributed by atoms with van der Waals surface area (Å²) in [4.78, 5) is 37.0. The molecule has 2 rings (SSSR count). The molecule has 1 fully saturated rings. The normalized spacial score (nSPS) is 20.2. The number of hydrogen-bond acceptors (Lipinski definition) is 5. The lowest BCUT2D eigenvalue weighted by molar-refractivity contribution is -0.139. The molecule has 1 aromatic rings. The van der Waals surface area contributed by atoms with E-state index in [9.17, 15) is 14.4 Å². The summed E-state index contributed by atoms with van der Waals surface area (Å²) in [6.45, 7) is 5.21. The molecule has 0 spiro atoms. The van der Waals surface area contributed by atoms with E-state index in [2.05, 4.69) is 0 Å². The standard InChI is InChI=1S/C17H19B2NO5/c1-17(2,3)25-16(23)20-12(8-9-13(20)18)15(22)24-11-6-4-10(5-7-11)14(19)21/h4-7,12-13H,8-9H2,1-3H3. The first kappa shape index (κ1) is 19.1. The zero-order chi connectivity index (χ0) is 18.8. The first-order chi connectivity index (χ1) is 11.6. The summed E-state index contributed by atoms with van der Waals surface area (Å²) in [6.07, 6.45) is 0.210. The average molecular weight is 339 g/mol. The summed E-state index contributed by atoms with van der Waals surface area (Å²) in [7, 11) is 11.1. The van der Waals surface area contributed by atoms with Crippen molar-refractivity contribution in [2.75, 3.05) is 0 Å². The summed E-state index contributed by atoms with van der Waals surface area (Å²) in [5, 5.41) is 0. The third kappa shape index (κ3) is 4.87. The van der Waals surface area contributed by atoms with Gasteiger partial charge >= 0.3 is 12.1 Å². The van der Waals surface area contributed by atoms with Gasteiger partial charge in [-0.2, -0.15) is 0 Å². The molecular weight excluding hydrogens is 320 g/mol. The molecular formula is C17H19B2NO5. The number of hydrogen-bond donors (Lipinski definition) is 0. The quantitative estimate of drug-likeness (QED) is 0.477. The largest absolute Gasteiger partial charge is 0.444 e. The molecule has 8 heteroatoms. The second-order valence-electron chi connectivity index (χ2n) is 6.86. The summed E-state index contributed by atoms with van der Waals surface area (Å²) in [5.74, 6) is -0.963. The van der Waals surface area contributed by atoms with Crippen molar-refractivity contribution in [3.8, 4) is 5.75 Å². The van der Waals surface area contributed by atoms with Crippen LogP contribution in [-0.4, -0.2) is 55.9 Å².